The molecule has 0 saturated heterocycles. The molecule has 36 heavy (non-hydrogen) atoms. The molecule has 0 aliphatic rings. The van der Waals surface area contributed by atoms with Crippen LogP contribution in [0.25, 0.3) is 22.7 Å². The maximum atomic E-state index is 13.9. The van der Waals surface area contributed by atoms with Gasteiger partial charge in [-0.05, 0) is 25.1 Å². The van der Waals surface area contributed by atoms with Crippen molar-refractivity contribution in [3.05, 3.63) is 46.1 Å². The fraction of sp³-hybridized carbons (Fsp3) is 0.350. The lowest BCUT2D eigenvalue weighted by Crippen LogP contribution is -2.36. The summed E-state index contributed by atoms with van der Waals surface area (Å²) in [4.78, 5) is 12.4. The predicted octanol–water partition coefficient (Wildman–Crippen LogP) is 6.43. The molecule has 0 aliphatic carbocycles. The number of amides is 1. The van der Waals surface area contributed by atoms with Crippen LogP contribution < -0.4 is 5.32 Å². The first-order valence-corrected chi connectivity index (χ1v) is 10.5. The van der Waals surface area contributed by atoms with Crippen LogP contribution >= 0.6 is 23.2 Å². The molecule has 0 saturated carbocycles. The maximum Gasteiger partial charge on any atom is 0.459 e. The van der Waals surface area contributed by atoms with E-state index in [-0.39, 0.29) is 33.1 Å². The number of nitrogens with one attached hydrogen (secondary N) is 1. The van der Waals surface area contributed by atoms with Gasteiger partial charge in [-0.3, -0.25) is 9.48 Å². The smallest absolute Gasteiger partial charge is 0.356 e. The molecule has 3 rings (SSSR count). The molecular weight excluding hydrogens is 551 g/mol. The van der Waals surface area contributed by atoms with Crippen molar-refractivity contribution < 1.29 is 44.4 Å². The Kier molecular flexibility index (Phi) is 7.34. The van der Waals surface area contributed by atoms with E-state index in [2.05, 4.69) is 15.6 Å². The van der Waals surface area contributed by atoms with Crippen molar-refractivity contribution in [2.24, 2.45) is 7.05 Å². The molecule has 2 heterocycles. The Hall–Kier alpha value is -2.87. The minimum absolute atomic E-state index is 0.0169. The third kappa shape index (κ3) is 5.28. The van der Waals surface area contributed by atoms with Gasteiger partial charge in [-0.2, -0.15) is 40.2 Å². The van der Waals surface area contributed by atoms with Crippen molar-refractivity contribution in [3.63, 3.8) is 0 Å². The summed E-state index contributed by atoms with van der Waals surface area (Å²) in [6, 6.07) is 4.70. The molecule has 3 aromatic rings. The van der Waals surface area contributed by atoms with Crippen molar-refractivity contribution in [2.45, 2.75) is 30.6 Å². The van der Waals surface area contributed by atoms with Crippen LogP contribution in [0.4, 0.5) is 35.1 Å². The van der Waals surface area contributed by atoms with E-state index in [9.17, 15) is 39.9 Å². The summed E-state index contributed by atoms with van der Waals surface area (Å²) < 4.78 is 113. The number of aromatic nitrogens is 3. The summed E-state index contributed by atoms with van der Waals surface area (Å²) in [6.45, 7) is 1.72. The lowest BCUT2D eigenvalue weighted by atomic mass is 10.0. The SMILES string of the molecule is CC(Cl)CNC(=O)c1cc(-c2cc(-c3c(C(F)(F)F)c(C(F)(F)C(F)(F)F)nn3C)no2)ccc1Cl. The zero-order valence-electron chi connectivity index (χ0n) is 18.0. The molecule has 6 nitrogen and oxygen atoms in total. The van der Waals surface area contributed by atoms with E-state index in [1.54, 1.807) is 6.92 Å². The van der Waals surface area contributed by atoms with Gasteiger partial charge in [0.1, 0.15) is 17.0 Å². The Morgan fingerprint density at radius 3 is 2.33 bits per heavy atom. The van der Waals surface area contributed by atoms with E-state index in [0.717, 1.165) is 13.1 Å². The van der Waals surface area contributed by atoms with E-state index in [1.807, 2.05) is 0 Å². The molecule has 0 bridgehead atoms. The second-order valence-corrected chi connectivity index (χ2v) is 8.68. The van der Waals surface area contributed by atoms with Crippen LogP contribution in [0.5, 0.6) is 0 Å². The Morgan fingerprint density at radius 2 is 1.78 bits per heavy atom. The van der Waals surface area contributed by atoms with Gasteiger partial charge in [0, 0.05) is 30.6 Å². The van der Waals surface area contributed by atoms with Gasteiger partial charge in [-0.25, -0.2) is 0 Å². The highest BCUT2D eigenvalue weighted by molar-refractivity contribution is 6.34. The van der Waals surface area contributed by atoms with Gasteiger partial charge >= 0.3 is 18.3 Å². The van der Waals surface area contributed by atoms with Crippen molar-refractivity contribution in [2.75, 3.05) is 6.54 Å². The molecule has 196 valence electrons. The summed E-state index contributed by atoms with van der Waals surface area (Å²) in [5, 5.41) is 8.35. The summed E-state index contributed by atoms with van der Waals surface area (Å²) in [7, 11) is 0.748. The Balaban J connectivity index is 2.10. The highest BCUT2D eigenvalue weighted by Crippen LogP contribution is 2.50. The van der Waals surface area contributed by atoms with E-state index in [4.69, 9.17) is 27.7 Å². The van der Waals surface area contributed by atoms with Crippen LogP contribution in [0.3, 0.4) is 0 Å². The average molecular weight is 565 g/mol. The molecule has 0 fully saturated rings. The first-order chi connectivity index (χ1) is 16.4. The van der Waals surface area contributed by atoms with Gasteiger partial charge < -0.3 is 9.84 Å². The van der Waals surface area contributed by atoms with Crippen LogP contribution in [0.1, 0.15) is 28.5 Å². The lowest BCUT2D eigenvalue weighted by Gasteiger charge is -2.19. The van der Waals surface area contributed by atoms with E-state index >= 15 is 0 Å². The van der Waals surface area contributed by atoms with Crippen LogP contribution in [-0.2, 0) is 19.1 Å². The second-order valence-electron chi connectivity index (χ2n) is 7.53. The van der Waals surface area contributed by atoms with Gasteiger partial charge in [-0.1, -0.05) is 16.8 Å². The molecule has 0 spiro atoms. The van der Waals surface area contributed by atoms with Gasteiger partial charge in [0.2, 0.25) is 0 Å². The number of alkyl halides is 9. The van der Waals surface area contributed by atoms with Crippen LogP contribution in [0.15, 0.2) is 28.8 Å². The van der Waals surface area contributed by atoms with Gasteiger partial charge in [0.25, 0.3) is 5.91 Å². The molecule has 2 aromatic heterocycles. The van der Waals surface area contributed by atoms with E-state index < -0.39 is 52.2 Å². The Labute approximate surface area is 207 Å². The monoisotopic (exact) mass is 564 g/mol. The number of benzene rings is 1. The Morgan fingerprint density at radius 1 is 1.14 bits per heavy atom. The number of nitrogens with zero attached hydrogens (tertiary/aromatic N) is 3. The first kappa shape index (κ1) is 27.7. The minimum Gasteiger partial charge on any atom is -0.356 e. The van der Waals surface area contributed by atoms with E-state index in [1.165, 1.54) is 18.2 Å². The normalized spacial score (nSPS) is 13.7. The molecule has 1 amide bonds. The van der Waals surface area contributed by atoms with Crippen LogP contribution in [-0.4, -0.2) is 38.9 Å². The number of hydrogen-bond donors (Lipinski definition) is 1. The van der Waals surface area contributed by atoms with Crippen LogP contribution in [0.2, 0.25) is 5.02 Å². The average Bonchev–Trinajstić information content (AvgIpc) is 3.36. The first-order valence-electron chi connectivity index (χ1n) is 9.73. The number of rotatable bonds is 6. The predicted molar refractivity (Wildman–Crippen MR) is 112 cm³/mol. The third-order valence-electron chi connectivity index (χ3n) is 4.78. The third-order valence-corrected chi connectivity index (χ3v) is 5.26. The van der Waals surface area contributed by atoms with Crippen molar-refractivity contribution in [3.8, 4) is 22.7 Å². The summed E-state index contributed by atoms with van der Waals surface area (Å²) in [5.74, 6) is -6.77. The van der Waals surface area contributed by atoms with Crippen LogP contribution in [0, 0.1) is 0 Å². The number of carbonyl (C=O) groups excluding carboxylic acids is 1. The molecule has 16 heteroatoms. The molecular formula is C20H14Cl2F8N4O2. The van der Waals surface area contributed by atoms with Gasteiger partial charge in [0.15, 0.2) is 11.5 Å². The number of halogens is 10. The van der Waals surface area contributed by atoms with E-state index in [0.29, 0.717) is 0 Å². The summed E-state index contributed by atoms with van der Waals surface area (Å²) in [6.07, 6.45) is -12.0. The molecule has 1 unspecified atom stereocenters. The standard InChI is InChI=1S/C20H14Cl2F8N4O2/c1-8(21)7-31-17(35)10-5-9(3-4-11(10)22)13-6-12(33-36-13)15-14(19(25,26)27)16(32-34(15)2)18(23,24)20(28,29)30/h3-6,8H,7H2,1-2H3,(H,31,35). The maximum absolute atomic E-state index is 13.9. The fourth-order valence-electron chi connectivity index (χ4n) is 3.14. The molecule has 1 N–H and O–H groups in total. The largest absolute Gasteiger partial charge is 0.459 e. The van der Waals surface area contributed by atoms with Gasteiger partial charge in [0.05, 0.1) is 10.6 Å². The minimum atomic E-state index is -6.34. The lowest BCUT2D eigenvalue weighted by molar-refractivity contribution is -0.292. The highest BCUT2D eigenvalue weighted by atomic mass is 35.5. The highest BCUT2D eigenvalue weighted by Gasteiger charge is 2.64. The van der Waals surface area contributed by atoms with Crippen molar-refractivity contribution in [1.82, 2.24) is 20.3 Å². The topological polar surface area (TPSA) is 73.0 Å². The van der Waals surface area contributed by atoms with Gasteiger partial charge in [-0.15, -0.1) is 11.6 Å². The summed E-state index contributed by atoms with van der Waals surface area (Å²) >= 11 is 11.8. The molecule has 0 radical (unpaired) electrons. The second kappa shape index (κ2) is 9.54. The number of carbonyl (C=O) groups is 1. The Bertz CT molecular complexity index is 1280. The molecule has 0 aliphatic heterocycles. The van der Waals surface area contributed by atoms with Crippen molar-refractivity contribution in [1.29, 1.82) is 0 Å². The number of hydrogen-bond acceptors (Lipinski definition) is 4. The molecule has 1 atom stereocenters. The number of aryl methyl sites for hydroxylation is 1. The quantitative estimate of drug-likeness (QED) is 0.277. The van der Waals surface area contributed by atoms with Crippen molar-refractivity contribution >= 4 is 29.1 Å². The zero-order chi connectivity index (χ0) is 27.2. The fourth-order valence-corrected chi connectivity index (χ4v) is 3.42. The zero-order valence-corrected chi connectivity index (χ0v) is 19.5. The molecule has 1 aromatic carbocycles. The summed E-state index contributed by atoms with van der Waals surface area (Å²) in [5.41, 5.74) is -6.71.